The van der Waals surface area contributed by atoms with E-state index in [0.717, 1.165) is 6.07 Å². The van der Waals surface area contributed by atoms with Crippen LogP contribution in [0.5, 0.6) is 17.2 Å². The SMILES string of the molecule is CCC(CO)NC(=O)c1cc2c(Oc3ccc(NC(=S)NC(=O)Cc4cccc(F)c4)cc3F)ccnc2cc1OC. The molecule has 0 bridgehead atoms. The zero-order valence-corrected chi connectivity index (χ0v) is 23.6. The number of pyridine rings is 1. The standard InChI is InChI=1S/C30H28F2N4O5S/c1-3-19(16-37)34-29(39)22-14-21-24(15-27(22)40-2)33-10-9-25(21)41-26-8-7-20(13-23(26)32)35-30(42)36-28(38)12-17-5-4-6-18(31)11-17/h4-11,13-15,19,37H,3,12,16H2,1-2H3,(H,34,39)(H2,35,36,38,42). The molecule has 0 fully saturated rings. The van der Waals surface area contributed by atoms with Gasteiger partial charge in [-0.2, -0.15) is 0 Å². The summed E-state index contributed by atoms with van der Waals surface area (Å²) in [7, 11) is 1.42. The lowest BCUT2D eigenvalue weighted by Gasteiger charge is -2.17. The first-order valence-corrected chi connectivity index (χ1v) is 13.3. The largest absolute Gasteiger partial charge is 0.496 e. The fraction of sp³-hybridized carbons (Fsp3) is 0.200. The number of carbonyl (C=O) groups is 2. The van der Waals surface area contributed by atoms with Gasteiger partial charge in [0.25, 0.3) is 5.91 Å². The van der Waals surface area contributed by atoms with Gasteiger partial charge in [-0.05, 0) is 60.6 Å². The molecular formula is C30H28F2N4O5S. The van der Waals surface area contributed by atoms with E-state index in [1.54, 1.807) is 12.1 Å². The molecule has 4 aromatic rings. The van der Waals surface area contributed by atoms with Crippen molar-refractivity contribution in [2.75, 3.05) is 19.0 Å². The van der Waals surface area contributed by atoms with E-state index in [1.165, 1.54) is 55.8 Å². The zero-order valence-electron chi connectivity index (χ0n) is 22.7. The third kappa shape index (κ3) is 7.53. The lowest BCUT2D eigenvalue weighted by Crippen LogP contribution is -2.37. The Morgan fingerprint density at radius 2 is 1.86 bits per heavy atom. The second-order valence-electron chi connectivity index (χ2n) is 9.20. The lowest BCUT2D eigenvalue weighted by atomic mass is 10.1. The van der Waals surface area contributed by atoms with Crippen molar-refractivity contribution >= 4 is 45.7 Å². The fourth-order valence-electron chi connectivity index (χ4n) is 4.07. The average Bonchev–Trinajstić information content (AvgIpc) is 2.96. The van der Waals surface area contributed by atoms with E-state index < -0.39 is 29.5 Å². The normalized spacial score (nSPS) is 11.5. The van der Waals surface area contributed by atoms with Crippen molar-refractivity contribution in [1.82, 2.24) is 15.6 Å². The van der Waals surface area contributed by atoms with Crippen LogP contribution >= 0.6 is 12.2 Å². The van der Waals surface area contributed by atoms with Gasteiger partial charge in [-0.3, -0.25) is 14.6 Å². The molecular weight excluding hydrogens is 566 g/mol. The Morgan fingerprint density at radius 3 is 2.55 bits per heavy atom. The molecule has 1 unspecified atom stereocenters. The van der Waals surface area contributed by atoms with E-state index in [4.69, 9.17) is 21.7 Å². The number of fused-ring (bicyclic) bond motifs is 1. The minimum absolute atomic E-state index is 0.0594. The maximum atomic E-state index is 15.1. The van der Waals surface area contributed by atoms with Crippen molar-refractivity contribution in [3.05, 3.63) is 89.6 Å². The molecule has 1 atom stereocenters. The van der Waals surface area contributed by atoms with Gasteiger partial charge in [0.15, 0.2) is 16.7 Å². The van der Waals surface area contributed by atoms with Gasteiger partial charge in [0, 0.05) is 29.4 Å². The molecule has 1 aromatic heterocycles. The summed E-state index contributed by atoms with van der Waals surface area (Å²) < 4.78 is 39.7. The van der Waals surface area contributed by atoms with Crippen molar-refractivity contribution < 1.29 is 33.0 Å². The van der Waals surface area contributed by atoms with Crippen LogP contribution in [0.4, 0.5) is 14.5 Å². The van der Waals surface area contributed by atoms with E-state index in [0.29, 0.717) is 22.9 Å². The van der Waals surface area contributed by atoms with Crippen LogP contribution in [-0.2, 0) is 11.2 Å². The van der Waals surface area contributed by atoms with Gasteiger partial charge < -0.3 is 30.5 Å². The maximum absolute atomic E-state index is 15.1. The number of hydrogen-bond donors (Lipinski definition) is 4. The molecule has 9 nitrogen and oxygen atoms in total. The second-order valence-corrected chi connectivity index (χ2v) is 9.60. The first-order chi connectivity index (χ1) is 20.2. The highest BCUT2D eigenvalue weighted by atomic mass is 32.1. The number of nitrogens with zero attached hydrogens (tertiary/aromatic N) is 1. The summed E-state index contributed by atoms with van der Waals surface area (Å²) in [6.45, 7) is 1.62. The minimum Gasteiger partial charge on any atom is -0.496 e. The highest BCUT2D eigenvalue weighted by molar-refractivity contribution is 7.80. The summed E-state index contributed by atoms with van der Waals surface area (Å²) in [6.07, 6.45) is 1.93. The Hall–Kier alpha value is -4.68. The molecule has 4 N–H and O–H groups in total. The topological polar surface area (TPSA) is 122 Å². The molecule has 0 aliphatic carbocycles. The number of aliphatic hydroxyl groups excluding tert-OH is 1. The summed E-state index contributed by atoms with van der Waals surface area (Å²) in [6, 6.07) is 13.9. The Bertz CT molecular complexity index is 1630. The number of methoxy groups -OCH3 is 1. The first kappa shape index (κ1) is 30.3. The molecule has 0 aliphatic heterocycles. The Labute approximate surface area is 245 Å². The van der Waals surface area contributed by atoms with Crippen LogP contribution < -0.4 is 25.4 Å². The van der Waals surface area contributed by atoms with E-state index >= 15 is 4.39 Å². The summed E-state index contributed by atoms with van der Waals surface area (Å²) in [4.78, 5) is 29.5. The number of aromatic nitrogens is 1. The molecule has 2 amide bonds. The van der Waals surface area contributed by atoms with E-state index in [1.807, 2.05) is 6.92 Å². The van der Waals surface area contributed by atoms with Crippen molar-refractivity contribution in [2.45, 2.75) is 25.8 Å². The second kappa shape index (κ2) is 13.8. The van der Waals surface area contributed by atoms with E-state index in [2.05, 4.69) is 20.9 Å². The third-order valence-corrected chi connectivity index (χ3v) is 6.44. The average molecular weight is 595 g/mol. The van der Waals surface area contributed by atoms with Crippen LogP contribution in [0.2, 0.25) is 0 Å². The highest BCUT2D eigenvalue weighted by Crippen LogP contribution is 2.34. The van der Waals surface area contributed by atoms with Gasteiger partial charge in [0.1, 0.15) is 17.3 Å². The number of aliphatic hydroxyl groups is 1. The number of benzene rings is 3. The van der Waals surface area contributed by atoms with Crippen molar-refractivity contribution in [3.63, 3.8) is 0 Å². The Kier molecular flexibility index (Phi) is 9.94. The van der Waals surface area contributed by atoms with Gasteiger partial charge in [-0.15, -0.1) is 0 Å². The van der Waals surface area contributed by atoms with Crippen molar-refractivity contribution in [2.24, 2.45) is 0 Å². The van der Waals surface area contributed by atoms with Gasteiger partial charge in [0.05, 0.1) is 37.3 Å². The molecule has 12 heteroatoms. The van der Waals surface area contributed by atoms with Crippen LogP contribution in [0.1, 0.15) is 29.3 Å². The van der Waals surface area contributed by atoms with Crippen LogP contribution in [0, 0.1) is 11.6 Å². The molecule has 0 aliphatic rings. The Morgan fingerprint density at radius 1 is 1.05 bits per heavy atom. The van der Waals surface area contributed by atoms with Crippen LogP contribution in [-0.4, -0.2) is 46.8 Å². The van der Waals surface area contributed by atoms with Gasteiger partial charge >= 0.3 is 0 Å². The quantitative estimate of drug-likeness (QED) is 0.192. The number of thiocarbonyl (C=S) groups is 1. The number of amides is 2. The number of halogens is 2. The van der Waals surface area contributed by atoms with Gasteiger partial charge in [-0.1, -0.05) is 19.1 Å². The number of carbonyl (C=O) groups excluding carboxylic acids is 2. The number of hydrogen-bond acceptors (Lipinski definition) is 7. The molecule has 0 spiro atoms. The highest BCUT2D eigenvalue weighted by Gasteiger charge is 2.19. The first-order valence-electron chi connectivity index (χ1n) is 12.9. The van der Waals surface area contributed by atoms with Crippen molar-refractivity contribution in [3.8, 4) is 17.2 Å². The van der Waals surface area contributed by atoms with Crippen LogP contribution in [0.15, 0.2) is 66.9 Å². The number of rotatable bonds is 10. The molecule has 0 radical (unpaired) electrons. The molecule has 3 aromatic carbocycles. The number of anilines is 1. The molecule has 4 rings (SSSR count). The molecule has 0 saturated heterocycles. The predicted molar refractivity (Wildman–Crippen MR) is 158 cm³/mol. The third-order valence-electron chi connectivity index (χ3n) is 6.23. The minimum atomic E-state index is -0.723. The zero-order chi connectivity index (χ0) is 30.2. The number of ether oxygens (including phenoxy) is 2. The van der Waals surface area contributed by atoms with Gasteiger partial charge in [0.2, 0.25) is 5.91 Å². The molecule has 218 valence electrons. The summed E-state index contributed by atoms with van der Waals surface area (Å²) in [5, 5.41) is 17.8. The maximum Gasteiger partial charge on any atom is 0.255 e. The lowest BCUT2D eigenvalue weighted by molar-refractivity contribution is -0.119. The Balaban J connectivity index is 1.49. The number of nitrogens with one attached hydrogen (secondary N) is 3. The van der Waals surface area contributed by atoms with Crippen LogP contribution in [0.3, 0.4) is 0 Å². The predicted octanol–water partition coefficient (Wildman–Crippen LogP) is 4.87. The summed E-state index contributed by atoms with van der Waals surface area (Å²) in [5.41, 5.74) is 1.39. The van der Waals surface area contributed by atoms with Crippen molar-refractivity contribution in [1.29, 1.82) is 0 Å². The monoisotopic (exact) mass is 594 g/mol. The summed E-state index contributed by atoms with van der Waals surface area (Å²) >= 11 is 5.15. The van der Waals surface area contributed by atoms with E-state index in [9.17, 15) is 19.1 Å². The summed E-state index contributed by atoms with van der Waals surface area (Å²) in [5.74, 6) is -1.68. The fourth-order valence-corrected chi connectivity index (χ4v) is 4.30. The van der Waals surface area contributed by atoms with Crippen LogP contribution in [0.25, 0.3) is 10.9 Å². The smallest absolute Gasteiger partial charge is 0.255 e. The molecule has 1 heterocycles. The molecule has 0 saturated carbocycles. The van der Waals surface area contributed by atoms with E-state index in [-0.39, 0.29) is 46.6 Å². The van der Waals surface area contributed by atoms with Gasteiger partial charge in [-0.25, -0.2) is 8.78 Å². The molecule has 42 heavy (non-hydrogen) atoms.